The minimum Gasteiger partial charge on any atom is -0.463 e. The van der Waals surface area contributed by atoms with Gasteiger partial charge in [0.05, 0.1) is 6.26 Å². The first-order valence-electron chi connectivity index (χ1n) is 7.78. The highest BCUT2D eigenvalue weighted by Gasteiger charge is 2.41. The predicted molar refractivity (Wildman–Crippen MR) is 80.8 cm³/mol. The van der Waals surface area contributed by atoms with Crippen molar-refractivity contribution in [3.05, 3.63) is 30.2 Å². The molecule has 4 atom stereocenters. The summed E-state index contributed by atoms with van der Waals surface area (Å²) in [5, 5.41) is 4.63. The first-order valence-corrected chi connectivity index (χ1v) is 7.78. The molecule has 0 saturated carbocycles. The molecular weight excluding hydrogens is 264 g/mol. The Morgan fingerprint density at radius 2 is 2.38 bits per heavy atom. The molecule has 112 valence electrons. The van der Waals surface area contributed by atoms with Gasteiger partial charge in [-0.05, 0) is 43.5 Å². The maximum atomic E-state index is 5.90. The number of hydrogen-bond acceptors (Lipinski definition) is 4. The van der Waals surface area contributed by atoms with Crippen LogP contribution in [-0.4, -0.2) is 40.4 Å². The molecule has 0 aliphatic carbocycles. The van der Waals surface area contributed by atoms with E-state index < -0.39 is 0 Å². The molecule has 2 aromatic rings. The van der Waals surface area contributed by atoms with Gasteiger partial charge in [0.25, 0.3) is 0 Å². The SMILES string of the molecule is Cn1nc(-c2ccco2)cc1[C@H]1CN2CC[C@@H]1C[C@@H]2CN. The number of fused-ring (bicyclic) bond motifs is 3. The summed E-state index contributed by atoms with van der Waals surface area (Å²) in [5.74, 6) is 2.16. The topological polar surface area (TPSA) is 60.2 Å². The number of nitrogens with zero attached hydrogens (tertiary/aromatic N) is 3. The van der Waals surface area contributed by atoms with Crippen LogP contribution < -0.4 is 5.73 Å². The van der Waals surface area contributed by atoms with Gasteiger partial charge in [-0.15, -0.1) is 0 Å². The lowest BCUT2D eigenvalue weighted by atomic mass is 9.74. The molecule has 0 radical (unpaired) electrons. The molecule has 2 N–H and O–H groups in total. The first-order chi connectivity index (χ1) is 10.3. The Labute approximate surface area is 124 Å². The normalized spacial score (nSPS) is 31.7. The van der Waals surface area contributed by atoms with Gasteiger partial charge in [-0.2, -0.15) is 5.10 Å². The van der Waals surface area contributed by atoms with Crippen LogP contribution in [0.2, 0.25) is 0 Å². The van der Waals surface area contributed by atoms with Gasteiger partial charge < -0.3 is 10.2 Å². The fraction of sp³-hybridized carbons (Fsp3) is 0.562. The summed E-state index contributed by atoms with van der Waals surface area (Å²) in [6.45, 7) is 3.10. The highest BCUT2D eigenvalue weighted by atomic mass is 16.3. The van der Waals surface area contributed by atoms with Crippen molar-refractivity contribution in [3.8, 4) is 11.5 Å². The summed E-state index contributed by atoms with van der Waals surface area (Å²) in [6, 6.07) is 6.65. The molecule has 3 saturated heterocycles. The number of furan rings is 1. The van der Waals surface area contributed by atoms with Crippen LogP contribution in [-0.2, 0) is 7.05 Å². The van der Waals surface area contributed by atoms with Crippen molar-refractivity contribution in [2.75, 3.05) is 19.6 Å². The molecule has 5 rings (SSSR count). The van der Waals surface area contributed by atoms with Crippen LogP contribution in [0.4, 0.5) is 0 Å². The van der Waals surface area contributed by atoms with E-state index in [1.807, 2.05) is 23.9 Å². The minimum absolute atomic E-state index is 0.572. The van der Waals surface area contributed by atoms with Crippen LogP contribution in [0.5, 0.6) is 0 Å². The Morgan fingerprint density at radius 1 is 1.48 bits per heavy atom. The zero-order chi connectivity index (χ0) is 14.4. The summed E-state index contributed by atoms with van der Waals surface area (Å²) in [7, 11) is 2.04. The van der Waals surface area contributed by atoms with E-state index in [4.69, 9.17) is 10.2 Å². The lowest BCUT2D eigenvalue weighted by molar-refractivity contribution is 0.0322. The third-order valence-electron chi connectivity index (χ3n) is 5.22. The number of aryl methyl sites for hydroxylation is 1. The molecule has 21 heavy (non-hydrogen) atoms. The van der Waals surface area contributed by atoms with Crippen LogP contribution in [0.15, 0.2) is 28.9 Å². The third-order valence-corrected chi connectivity index (χ3v) is 5.22. The highest BCUT2D eigenvalue weighted by Crippen LogP contribution is 2.42. The number of nitrogens with two attached hydrogens (primary N) is 1. The Kier molecular flexibility index (Phi) is 3.12. The molecule has 2 bridgehead atoms. The fourth-order valence-electron chi connectivity index (χ4n) is 4.09. The van der Waals surface area contributed by atoms with Crippen LogP contribution >= 0.6 is 0 Å². The van der Waals surface area contributed by atoms with Crippen LogP contribution in [0.3, 0.4) is 0 Å². The Bertz CT molecular complexity index is 618. The molecule has 5 heteroatoms. The first kappa shape index (κ1) is 13.1. The van der Waals surface area contributed by atoms with Gasteiger partial charge in [-0.25, -0.2) is 0 Å². The molecule has 0 amide bonds. The van der Waals surface area contributed by atoms with Crippen molar-refractivity contribution in [1.82, 2.24) is 14.7 Å². The average molecular weight is 286 g/mol. The molecule has 3 fully saturated rings. The Hall–Kier alpha value is -1.59. The fourth-order valence-corrected chi connectivity index (χ4v) is 4.09. The van der Waals surface area contributed by atoms with Gasteiger partial charge in [0, 0.05) is 37.8 Å². The summed E-state index contributed by atoms with van der Waals surface area (Å²) < 4.78 is 7.50. The molecule has 1 unspecified atom stereocenters. The zero-order valence-electron chi connectivity index (χ0n) is 12.4. The number of hydrogen-bond donors (Lipinski definition) is 1. The number of aromatic nitrogens is 2. The number of rotatable bonds is 3. The highest BCUT2D eigenvalue weighted by molar-refractivity contribution is 5.52. The minimum atomic E-state index is 0.572. The Morgan fingerprint density at radius 3 is 3.05 bits per heavy atom. The van der Waals surface area contributed by atoms with Crippen molar-refractivity contribution in [3.63, 3.8) is 0 Å². The molecule has 5 nitrogen and oxygen atoms in total. The molecule has 3 aliphatic rings. The summed E-state index contributed by atoms with van der Waals surface area (Å²) in [6.07, 6.45) is 4.20. The molecule has 0 spiro atoms. The largest absolute Gasteiger partial charge is 0.463 e. The van der Waals surface area contributed by atoms with E-state index in [0.29, 0.717) is 12.0 Å². The van der Waals surface area contributed by atoms with E-state index in [0.717, 1.165) is 30.5 Å². The van der Waals surface area contributed by atoms with E-state index in [1.165, 1.54) is 25.1 Å². The maximum absolute atomic E-state index is 5.90. The predicted octanol–water partition coefficient (Wildman–Crippen LogP) is 1.82. The Balaban J connectivity index is 1.63. The van der Waals surface area contributed by atoms with Crippen molar-refractivity contribution in [1.29, 1.82) is 0 Å². The standard InChI is InChI=1S/C16H22N4O/c1-19-15(8-14(18-19)16-3-2-6-21-16)13-10-20-5-4-11(13)7-12(20)9-17/h2-3,6,8,11-13H,4-5,7,9-10,17H2,1H3/t11-,12-,13+/m1/s1. The van der Waals surface area contributed by atoms with Gasteiger partial charge in [0.2, 0.25) is 0 Å². The van der Waals surface area contributed by atoms with Crippen molar-refractivity contribution in [2.45, 2.75) is 24.8 Å². The van der Waals surface area contributed by atoms with Gasteiger partial charge >= 0.3 is 0 Å². The van der Waals surface area contributed by atoms with E-state index in [1.54, 1.807) is 6.26 Å². The van der Waals surface area contributed by atoms with E-state index in [2.05, 4.69) is 16.1 Å². The molecule has 5 heterocycles. The van der Waals surface area contributed by atoms with Gasteiger partial charge in [0.15, 0.2) is 5.76 Å². The second kappa shape index (κ2) is 5.00. The van der Waals surface area contributed by atoms with E-state index in [9.17, 15) is 0 Å². The van der Waals surface area contributed by atoms with E-state index >= 15 is 0 Å². The van der Waals surface area contributed by atoms with Crippen molar-refractivity contribution >= 4 is 0 Å². The zero-order valence-corrected chi connectivity index (χ0v) is 12.4. The molecule has 2 aromatic heterocycles. The van der Waals surface area contributed by atoms with Gasteiger partial charge in [-0.3, -0.25) is 9.58 Å². The van der Waals surface area contributed by atoms with E-state index in [-0.39, 0.29) is 0 Å². The third kappa shape index (κ3) is 2.12. The van der Waals surface area contributed by atoms with Crippen LogP contribution in [0, 0.1) is 5.92 Å². The van der Waals surface area contributed by atoms with Crippen LogP contribution in [0.25, 0.3) is 11.5 Å². The average Bonchev–Trinajstić information content (AvgIpc) is 3.16. The van der Waals surface area contributed by atoms with Gasteiger partial charge in [-0.1, -0.05) is 0 Å². The lowest BCUT2D eigenvalue weighted by Crippen LogP contribution is -2.55. The summed E-state index contributed by atoms with van der Waals surface area (Å²) >= 11 is 0. The second-order valence-electron chi connectivity index (χ2n) is 6.33. The van der Waals surface area contributed by atoms with Crippen molar-refractivity contribution < 1.29 is 4.42 Å². The smallest absolute Gasteiger partial charge is 0.154 e. The maximum Gasteiger partial charge on any atom is 0.154 e. The number of piperidine rings is 3. The van der Waals surface area contributed by atoms with Crippen molar-refractivity contribution in [2.24, 2.45) is 18.7 Å². The molecular formula is C16H22N4O. The monoisotopic (exact) mass is 286 g/mol. The molecule has 0 aromatic carbocycles. The quantitative estimate of drug-likeness (QED) is 0.935. The second-order valence-corrected chi connectivity index (χ2v) is 6.33. The van der Waals surface area contributed by atoms with Gasteiger partial charge in [0.1, 0.15) is 5.69 Å². The summed E-state index contributed by atoms with van der Waals surface area (Å²) in [4.78, 5) is 2.56. The lowest BCUT2D eigenvalue weighted by Gasteiger charge is -2.49. The summed E-state index contributed by atoms with van der Waals surface area (Å²) in [5.41, 5.74) is 8.16. The molecule has 3 aliphatic heterocycles. The van der Waals surface area contributed by atoms with Crippen LogP contribution in [0.1, 0.15) is 24.5 Å².